The van der Waals surface area contributed by atoms with Crippen molar-refractivity contribution in [3.63, 3.8) is 0 Å². The molecule has 0 spiro atoms. The number of carbonyl (C=O) groups excluding carboxylic acids is 1. The molecule has 0 aliphatic rings. The van der Waals surface area contributed by atoms with Crippen molar-refractivity contribution in [2.75, 3.05) is 20.3 Å². The van der Waals surface area contributed by atoms with Crippen LogP contribution in [0.4, 0.5) is 0 Å². The highest BCUT2D eigenvalue weighted by molar-refractivity contribution is 5.94. The number of benzene rings is 1. The molecule has 1 N–H and O–H groups in total. The molecule has 3 aromatic rings. The molecule has 0 atom stereocenters. The van der Waals surface area contributed by atoms with Gasteiger partial charge >= 0.3 is 0 Å². The van der Waals surface area contributed by atoms with E-state index in [0.717, 1.165) is 22.6 Å². The molecule has 0 saturated heterocycles. The van der Waals surface area contributed by atoms with Crippen molar-refractivity contribution in [1.29, 1.82) is 0 Å². The molecule has 0 unspecified atom stereocenters. The van der Waals surface area contributed by atoms with E-state index in [1.807, 2.05) is 30.3 Å². The van der Waals surface area contributed by atoms with E-state index in [4.69, 9.17) is 9.47 Å². The minimum absolute atomic E-state index is 0.118. The van der Waals surface area contributed by atoms with E-state index in [9.17, 15) is 4.79 Å². The number of amides is 1. The van der Waals surface area contributed by atoms with Gasteiger partial charge in [0.05, 0.1) is 6.61 Å². The number of aryl methyl sites for hydroxylation is 2. The summed E-state index contributed by atoms with van der Waals surface area (Å²) in [5, 5.41) is 2.92. The molecule has 0 radical (unpaired) electrons. The van der Waals surface area contributed by atoms with Crippen LogP contribution in [0, 0.1) is 13.8 Å². The third kappa shape index (κ3) is 4.78. The second-order valence-corrected chi connectivity index (χ2v) is 6.53. The number of rotatable bonds is 8. The lowest BCUT2D eigenvalue weighted by Gasteiger charge is -2.11. The minimum Gasteiger partial charge on any atom is -0.475 e. The average Bonchev–Trinajstić information content (AvgIpc) is 3.05. The molecule has 3 rings (SSSR count). The lowest BCUT2D eigenvalue weighted by molar-refractivity contribution is 0.0951. The van der Waals surface area contributed by atoms with Crippen molar-refractivity contribution < 1.29 is 14.3 Å². The summed E-state index contributed by atoms with van der Waals surface area (Å²) >= 11 is 0. The van der Waals surface area contributed by atoms with Gasteiger partial charge in [0.25, 0.3) is 5.91 Å². The van der Waals surface area contributed by atoms with Gasteiger partial charge in [0.15, 0.2) is 0 Å². The Bertz CT molecular complexity index is 896. The summed E-state index contributed by atoms with van der Waals surface area (Å²) in [6.45, 7) is 5.51. The molecule has 2 heterocycles. The highest BCUT2D eigenvalue weighted by Crippen LogP contribution is 2.17. The standard InChI is InChI=1S/C22H25N3O3/c1-16-4-5-17(2)25(16)20-9-7-19(8-10-20)22(26)24-15-18-6-11-21(23-14-18)28-13-12-27-3/h4-11,14H,12-13,15H2,1-3H3,(H,24,26). The first-order valence-electron chi connectivity index (χ1n) is 9.18. The van der Waals surface area contributed by atoms with Crippen LogP contribution < -0.4 is 10.1 Å². The number of methoxy groups -OCH3 is 1. The van der Waals surface area contributed by atoms with Crippen molar-refractivity contribution >= 4 is 5.91 Å². The van der Waals surface area contributed by atoms with Crippen LogP contribution in [0.2, 0.25) is 0 Å². The molecule has 0 fully saturated rings. The first-order valence-corrected chi connectivity index (χ1v) is 9.18. The smallest absolute Gasteiger partial charge is 0.251 e. The Morgan fingerprint density at radius 3 is 2.32 bits per heavy atom. The minimum atomic E-state index is -0.118. The van der Waals surface area contributed by atoms with Crippen molar-refractivity contribution in [3.05, 3.63) is 77.2 Å². The van der Waals surface area contributed by atoms with Crippen LogP contribution in [-0.4, -0.2) is 35.8 Å². The maximum atomic E-state index is 12.4. The van der Waals surface area contributed by atoms with Gasteiger partial charge in [-0.05, 0) is 55.8 Å². The predicted octanol–water partition coefficient (Wildman–Crippen LogP) is 3.44. The second kappa shape index (κ2) is 9.19. The third-order valence-corrected chi connectivity index (χ3v) is 4.45. The van der Waals surface area contributed by atoms with E-state index in [0.29, 0.717) is 31.2 Å². The second-order valence-electron chi connectivity index (χ2n) is 6.53. The van der Waals surface area contributed by atoms with Gasteiger partial charge in [-0.1, -0.05) is 6.07 Å². The quantitative estimate of drug-likeness (QED) is 0.609. The zero-order chi connectivity index (χ0) is 19.9. The Balaban J connectivity index is 1.56. The number of ether oxygens (including phenoxy) is 2. The Morgan fingerprint density at radius 2 is 1.71 bits per heavy atom. The molecule has 1 amide bonds. The molecule has 0 bridgehead atoms. The van der Waals surface area contributed by atoms with Crippen LogP contribution in [0.15, 0.2) is 54.7 Å². The predicted molar refractivity (Wildman–Crippen MR) is 108 cm³/mol. The Hall–Kier alpha value is -3.12. The molecule has 146 valence electrons. The molecular formula is C22H25N3O3. The molecule has 1 aromatic carbocycles. The fraction of sp³-hybridized carbons (Fsp3) is 0.273. The van der Waals surface area contributed by atoms with Crippen LogP contribution in [0.1, 0.15) is 27.3 Å². The highest BCUT2D eigenvalue weighted by Gasteiger charge is 2.08. The van der Waals surface area contributed by atoms with Crippen molar-refractivity contribution in [3.8, 4) is 11.6 Å². The summed E-state index contributed by atoms with van der Waals surface area (Å²) < 4.78 is 12.5. The molecule has 0 aliphatic heterocycles. The Morgan fingerprint density at radius 1 is 1.00 bits per heavy atom. The Labute approximate surface area is 165 Å². The zero-order valence-electron chi connectivity index (χ0n) is 16.4. The SMILES string of the molecule is COCCOc1ccc(CNC(=O)c2ccc(-n3c(C)ccc3C)cc2)cn1. The molecule has 2 aromatic heterocycles. The number of aromatic nitrogens is 2. The molecule has 0 saturated carbocycles. The molecular weight excluding hydrogens is 354 g/mol. The lowest BCUT2D eigenvalue weighted by Crippen LogP contribution is -2.22. The van der Waals surface area contributed by atoms with Crippen LogP contribution in [-0.2, 0) is 11.3 Å². The number of nitrogens with zero attached hydrogens (tertiary/aromatic N) is 2. The third-order valence-electron chi connectivity index (χ3n) is 4.45. The first kappa shape index (κ1) is 19.6. The van der Waals surface area contributed by atoms with Gasteiger partial charge in [0.1, 0.15) is 6.61 Å². The van der Waals surface area contributed by atoms with Crippen molar-refractivity contribution in [1.82, 2.24) is 14.9 Å². The monoisotopic (exact) mass is 379 g/mol. The molecule has 28 heavy (non-hydrogen) atoms. The van der Waals surface area contributed by atoms with Crippen LogP contribution >= 0.6 is 0 Å². The zero-order valence-corrected chi connectivity index (χ0v) is 16.4. The van der Waals surface area contributed by atoms with E-state index >= 15 is 0 Å². The van der Waals surface area contributed by atoms with E-state index in [1.54, 1.807) is 19.4 Å². The summed E-state index contributed by atoms with van der Waals surface area (Å²) in [7, 11) is 1.62. The van der Waals surface area contributed by atoms with Gasteiger partial charge in [-0.25, -0.2) is 4.98 Å². The van der Waals surface area contributed by atoms with E-state index in [-0.39, 0.29) is 5.91 Å². The topological polar surface area (TPSA) is 65.4 Å². The van der Waals surface area contributed by atoms with Crippen LogP contribution in [0.25, 0.3) is 5.69 Å². The number of nitrogens with one attached hydrogen (secondary N) is 1. The molecule has 6 nitrogen and oxygen atoms in total. The average molecular weight is 379 g/mol. The van der Waals surface area contributed by atoms with Gasteiger partial charge in [-0.2, -0.15) is 0 Å². The van der Waals surface area contributed by atoms with Crippen molar-refractivity contribution in [2.24, 2.45) is 0 Å². The molecule has 0 aliphatic carbocycles. The van der Waals surface area contributed by atoms with Crippen LogP contribution in [0.3, 0.4) is 0 Å². The van der Waals surface area contributed by atoms with Gasteiger partial charge in [-0.3, -0.25) is 4.79 Å². The Kier molecular flexibility index (Phi) is 6.45. The fourth-order valence-corrected chi connectivity index (χ4v) is 2.95. The summed E-state index contributed by atoms with van der Waals surface area (Å²) in [5.41, 5.74) is 4.90. The number of carbonyl (C=O) groups is 1. The molecule has 6 heteroatoms. The number of hydrogen-bond acceptors (Lipinski definition) is 4. The summed E-state index contributed by atoms with van der Waals surface area (Å²) in [6.07, 6.45) is 1.70. The van der Waals surface area contributed by atoms with Crippen LogP contribution in [0.5, 0.6) is 5.88 Å². The fourth-order valence-electron chi connectivity index (χ4n) is 2.95. The maximum Gasteiger partial charge on any atom is 0.251 e. The largest absolute Gasteiger partial charge is 0.475 e. The normalized spacial score (nSPS) is 10.7. The van der Waals surface area contributed by atoms with E-state index in [2.05, 4.69) is 40.8 Å². The lowest BCUT2D eigenvalue weighted by atomic mass is 10.2. The number of hydrogen-bond donors (Lipinski definition) is 1. The van der Waals surface area contributed by atoms with Gasteiger partial charge in [0.2, 0.25) is 5.88 Å². The van der Waals surface area contributed by atoms with E-state index < -0.39 is 0 Å². The summed E-state index contributed by atoms with van der Waals surface area (Å²) in [4.78, 5) is 16.6. The van der Waals surface area contributed by atoms with Crippen molar-refractivity contribution in [2.45, 2.75) is 20.4 Å². The number of pyridine rings is 1. The highest BCUT2D eigenvalue weighted by atomic mass is 16.5. The first-order chi connectivity index (χ1) is 13.6. The summed E-state index contributed by atoms with van der Waals surface area (Å²) in [6, 6.07) is 15.4. The van der Waals surface area contributed by atoms with Gasteiger partial charge in [0, 0.05) is 48.6 Å². The van der Waals surface area contributed by atoms with Gasteiger partial charge < -0.3 is 19.4 Å². The van der Waals surface area contributed by atoms with Gasteiger partial charge in [-0.15, -0.1) is 0 Å². The summed E-state index contributed by atoms with van der Waals surface area (Å²) in [5.74, 6) is 0.422. The maximum absolute atomic E-state index is 12.4. The van der Waals surface area contributed by atoms with E-state index in [1.165, 1.54) is 0 Å².